The molecule has 0 bridgehead atoms. The van der Waals surface area contributed by atoms with Crippen LogP contribution in [0, 0.1) is 0 Å². The first-order chi connectivity index (χ1) is 14.6. The number of aromatic carboxylic acids is 1. The standard InChI is InChI=1S/C24H27N3O3/c25-22-20(23(28)29)13-18(15-26-22)17-2-1-16-3-6-24(21(16)14-17)7-9-27(10-8-24)19-4-11-30-12-5-19/h1-3,6,13-15,19H,4-5,7-12H2,(H2,25,26)(H,28,29). The lowest BCUT2D eigenvalue weighted by Gasteiger charge is -2.43. The topological polar surface area (TPSA) is 88.7 Å². The number of fused-ring (bicyclic) bond motifs is 2. The van der Waals surface area contributed by atoms with Gasteiger partial charge in [0, 0.05) is 36.4 Å². The van der Waals surface area contributed by atoms with Gasteiger partial charge in [-0.25, -0.2) is 9.78 Å². The van der Waals surface area contributed by atoms with Gasteiger partial charge >= 0.3 is 5.97 Å². The van der Waals surface area contributed by atoms with Crippen molar-refractivity contribution in [3.05, 3.63) is 53.2 Å². The van der Waals surface area contributed by atoms with Gasteiger partial charge in [-0.2, -0.15) is 0 Å². The molecule has 3 aliphatic rings. The number of likely N-dealkylation sites (tertiary alicyclic amines) is 1. The largest absolute Gasteiger partial charge is 0.478 e. The third-order valence-electron chi connectivity index (χ3n) is 7.05. The van der Waals surface area contributed by atoms with Crippen molar-refractivity contribution in [1.82, 2.24) is 9.88 Å². The number of nitrogen functional groups attached to an aromatic ring is 1. The summed E-state index contributed by atoms with van der Waals surface area (Å²) in [6.07, 6.45) is 10.8. The van der Waals surface area contributed by atoms with Crippen LogP contribution in [0.5, 0.6) is 0 Å². The molecule has 1 aromatic heterocycles. The Labute approximate surface area is 176 Å². The molecule has 1 aliphatic carbocycles. The number of ether oxygens (including phenoxy) is 1. The number of rotatable bonds is 3. The highest BCUT2D eigenvalue weighted by Gasteiger charge is 2.39. The van der Waals surface area contributed by atoms with Gasteiger partial charge in [0.25, 0.3) is 0 Å². The molecule has 2 fully saturated rings. The SMILES string of the molecule is Nc1ncc(-c2ccc3c(c2)C2(C=C3)CCN(C3CCOCC3)CC2)cc1C(=O)O. The van der Waals surface area contributed by atoms with Gasteiger partial charge in [-0.15, -0.1) is 0 Å². The van der Waals surface area contributed by atoms with E-state index in [0.717, 1.165) is 63.1 Å². The van der Waals surface area contributed by atoms with Gasteiger partial charge in [-0.3, -0.25) is 0 Å². The summed E-state index contributed by atoms with van der Waals surface area (Å²) in [6, 6.07) is 8.67. The van der Waals surface area contributed by atoms with Crippen LogP contribution in [0.4, 0.5) is 5.82 Å². The third-order valence-corrected chi connectivity index (χ3v) is 7.05. The Morgan fingerprint density at radius 3 is 2.67 bits per heavy atom. The molecule has 6 heteroatoms. The number of nitrogens with zero attached hydrogens (tertiary/aromatic N) is 2. The number of pyridine rings is 1. The molecule has 30 heavy (non-hydrogen) atoms. The number of anilines is 1. The first-order valence-electron chi connectivity index (χ1n) is 10.7. The highest BCUT2D eigenvalue weighted by Crippen LogP contribution is 2.45. The minimum atomic E-state index is -1.05. The van der Waals surface area contributed by atoms with E-state index in [9.17, 15) is 9.90 Å². The molecule has 0 unspecified atom stereocenters. The first kappa shape index (κ1) is 19.3. The molecule has 0 atom stereocenters. The van der Waals surface area contributed by atoms with Crippen LogP contribution in [-0.4, -0.2) is 53.3 Å². The molecule has 156 valence electrons. The number of hydrogen-bond donors (Lipinski definition) is 2. The minimum Gasteiger partial charge on any atom is -0.478 e. The predicted octanol–water partition coefficient (Wildman–Crippen LogP) is 3.57. The third kappa shape index (κ3) is 3.30. The van der Waals surface area contributed by atoms with E-state index in [1.54, 1.807) is 12.3 Å². The smallest absolute Gasteiger partial charge is 0.339 e. The molecule has 0 saturated carbocycles. The predicted molar refractivity (Wildman–Crippen MR) is 116 cm³/mol. The second kappa shape index (κ2) is 7.52. The zero-order valence-corrected chi connectivity index (χ0v) is 17.0. The number of carbonyl (C=O) groups is 1. The molecule has 6 nitrogen and oxygen atoms in total. The summed E-state index contributed by atoms with van der Waals surface area (Å²) in [7, 11) is 0. The molecular formula is C24H27N3O3. The highest BCUT2D eigenvalue weighted by molar-refractivity contribution is 5.94. The van der Waals surface area contributed by atoms with Gasteiger partial charge in [0.2, 0.25) is 0 Å². The van der Waals surface area contributed by atoms with E-state index >= 15 is 0 Å². The van der Waals surface area contributed by atoms with E-state index in [2.05, 4.69) is 34.2 Å². The van der Waals surface area contributed by atoms with Crippen molar-refractivity contribution >= 4 is 17.9 Å². The molecule has 0 amide bonds. The number of allylic oxidation sites excluding steroid dienone is 1. The number of benzene rings is 1. The summed E-state index contributed by atoms with van der Waals surface area (Å²) in [5.41, 5.74) is 10.2. The molecule has 2 aliphatic heterocycles. The van der Waals surface area contributed by atoms with Gasteiger partial charge in [0.1, 0.15) is 11.4 Å². The van der Waals surface area contributed by atoms with E-state index in [-0.39, 0.29) is 16.8 Å². The fourth-order valence-corrected chi connectivity index (χ4v) is 5.23. The second-order valence-electron chi connectivity index (χ2n) is 8.63. The summed E-state index contributed by atoms with van der Waals surface area (Å²) < 4.78 is 5.53. The lowest BCUT2D eigenvalue weighted by atomic mass is 9.73. The van der Waals surface area contributed by atoms with E-state index in [1.165, 1.54) is 11.1 Å². The maximum atomic E-state index is 11.5. The summed E-state index contributed by atoms with van der Waals surface area (Å²) in [4.78, 5) is 18.2. The van der Waals surface area contributed by atoms with Crippen LogP contribution in [-0.2, 0) is 10.2 Å². The van der Waals surface area contributed by atoms with Crippen molar-refractivity contribution in [2.75, 3.05) is 32.0 Å². The number of carboxylic acids is 1. The van der Waals surface area contributed by atoms with E-state index in [0.29, 0.717) is 6.04 Å². The molecule has 1 aromatic carbocycles. The zero-order chi connectivity index (χ0) is 20.7. The normalized spacial score (nSPS) is 21.1. The fourth-order valence-electron chi connectivity index (χ4n) is 5.23. The highest BCUT2D eigenvalue weighted by atomic mass is 16.5. The van der Waals surface area contributed by atoms with Crippen molar-refractivity contribution < 1.29 is 14.6 Å². The Balaban J connectivity index is 1.41. The molecule has 3 heterocycles. The summed E-state index contributed by atoms with van der Waals surface area (Å²) in [5, 5.41) is 9.38. The zero-order valence-electron chi connectivity index (χ0n) is 17.0. The maximum absolute atomic E-state index is 11.5. The lowest BCUT2D eigenvalue weighted by Crippen LogP contribution is -2.47. The van der Waals surface area contributed by atoms with Crippen molar-refractivity contribution in [2.24, 2.45) is 0 Å². The average molecular weight is 405 g/mol. The molecule has 2 aromatic rings. The van der Waals surface area contributed by atoms with Crippen LogP contribution < -0.4 is 5.73 Å². The molecule has 0 radical (unpaired) electrons. The summed E-state index contributed by atoms with van der Waals surface area (Å²) in [5.74, 6) is -1.01. The van der Waals surface area contributed by atoms with E-state index in [1.807, 2.05) is 6.07 Å². The minimum absolute atomic E-state index is 0.0469. The van der Waals surface area contributed by atoms with Crippen molar-refractivity contribution in [2.45, 2.75) is 37.1 Å². The molecule has 5 rings (SSSR count). The van der Waals surface area contributed by atoms with E-state index in [4.69, 9.17) is 10.5 Å². The van der Waals surface area contributed by atoms with Crippen LogP contribution in [0.3, 0.4) is 0 Å². The number of nitrogens with two attached hydrogens (primary N) is 1. The molecule has 2 saturated heterocycles. The monoisotopic (exact) mass is 405 g/mol. The number of aromatic nitrogens is 1. The molecule has 3 N–H and O–H groups in total. The maximum Gasteiger partial charge on any atom is 0.339 e. The molecule has 1 spiro atoms. The van der Waals surface area contributed by atoms with Gasteiger partial charge in [0.15, 0.2) is 0 Å². The lowest BCUT2D eigenvalue weighted by molar-refractivity contribution is 0.0210. The summed E-state index contributed by atoms with van der Waals surface area (Å²) in [6.45, 7) is 3.97. The van der Waals surface area contributed by atoms with Crippen LogP contribution >= 0.6 is 0 Å². The number of piperidine rings is 1. The Kier molecular flexibility index (Phi) is 4.83. The Bertz CT molecular complexity index is 1000. The van der Waals surface area contributed by atoms with Crippen LogP contribution in [0.25, 0.3) is 17.2 Å². The fraction of sp³-hybridized carbons (Fsp3) is 0.417. The van der Waals surface area contributed by atoms with Crippen molar-refractivity contribution in [1.29, 1.82) is 0 Å². The number of carboxylic acid groups (broad SMARTS) is 1. The van der Waals surface area contributed by atoms with E-state index < -0.39 is 5.97 Å². The first-order valence-corrected chi connectivity index (χ1v) is 10.7. The van der Waals surface area contributed by atoms with Crippen molar-refractivity contribution in [3.63, 3.8) is 0 Å². The summed E-state index contributed by atoms with van der Waals surface area (Å²) >= 11 is 0. The Hall–Kier alpha value is -2.70. The quantitative estimate of drug-likeness (QED) is 0.812. The van der Waals surface area contributed by atoms with Gasteiger partial charge in [0.05, 0.1) is 0 Å². The molecular weight excluding hydrogens is 378 g/mol. The van der Waals surface area contributed by atoms with Gasteiger partial charge in [-0.1, -0.05) is 24.3 Å². The van der Waals surface area contributed by atoms with Crippen molar-refractivity contribution in [3.8, 4) is 11.1 Å². The Morgan fingerprint density at radius 2 is 1.93 bits per heavy atom. The second-order valence-corrected chi connectivity index (χ2v) is 8.63. The Morgan fingerprint density at radius 1 is 1.17 bits per heavy atom. The van der Waals surface area contributed by atoms with Gasteiger partial charge < -0.3 is 20.5 Å². The number of hydrogen-bond acceptors (Lipinski definition) is 5. The van der Waals surface area contributed by atoms with Crippen LogP contribution in [0.2, 0.25) is 0 Å². The average Bonchev–Trinajstić information content (AvgIpc) is 3.12. The van der Waals surface area contributed by atoms with Gasteiger partial charge in [-0.05, 0) is 67.6 Å². The van der Waals surface area contributed by atoms with Crippen LogP contribution in [0.15, 0.2) is 36.5 Å². The van der Waals surface area contributed by atoms with Crippen LogP contribution in [0.1, 0.15) is 47.2 Å².